The molecular formula is C23H22ClN3O4S. The molecule has 2 aromatic carbocycles. The maximum atomic E-state index is 12.8. The average Bonchev–Trinajstić information content (AvgIpc) is 3.11. The van der Waals surface area contributed by atoms with Gasteiger partial charge in [0, 0.05) is 17.5 Å². The summed E-state index contributed by atoms with van der Waals surface area (Å²) in [6.45, 7) is 3.65. The van der Waals surface area contributed by atoms with Crippen LogP contribution in [0.1, 0.15) is 45.8 Å². The molecule has 1 heterocycles. The Kier molecular flexibility index (Phi) is 6.08. The van der Waals surface area contributed by atoms with Crippen LogP contribution in [0.3, 0.4) is 0 Å². The molecule has 32 heavy (non-hydrogen) atoms. The highest BCUT2D eigenvalue weighted by Gasteiger charge is 2.28. The molecule has 1 amide bonds. The van der Waals surface area contributed by atoms with E-state index < -0.39 is 15.9 Å². The van der Waals surface area contributed by atoms with E-state index in [1.165, 1.54) is 12.1 Å². The fraction of sp³-hybridized carbons (Fsp3) is 0.217. The van der Waals surface area contributed by atoms with Gasteiger partial charge in [-0.1, -0.05) is 41.4 Å². The van der Waals surface area contributed by atoms with E-state index in [1.54, 1.807) is 43.3 Å². The maximum absolute atomic E-state index is 12.8. The number of hydrogen-bond acceptors (Lipinski definition) is 5. The summed E-state index contributed by atoms with van der Waals surface area (Å²) in [6, 6.07) is 13.4. The highest BCUT2D eigenvalue weighted by Crippen LogP contribution is 2.31. The molecule has 1 aliphatic rings. The first kappa shape index (κ1) is 22.1. The molecule has 9 heteroatoms. The van der Waals surface area contributed by atoms with Gasteiger partial charge in [0.15, 0.2) is 5.76 Å². The van der Waals surface area contributed by atoms with E-state index >= 15 is 0 Å². The van der Waals surface area contributed by atoms with Crippen LogP contribution in [0, 0.1) is 13.8 Å². The standard InChI is InChI=1S/C23H22ClN3O4S/c1-14-10-12-16(13-11-14)32(29,30)27-26-19-8-5-9-20-21(19)15(2)22(31-20)23(28)25-18-7-4-3-6-17(18)24/h3-4,6-7,10-13,27H,5,8-9H2,1-2H3,(H,25,28)/b26-19+. The third kappa shape index (κ3) is 4.42. The normalized spacial score (nSPS) is 14.8. The lowest BCUT2D eigenvalue weighted by molar-refractivity contribution is 0.0994. The van der Waals surface area contributed by atoms with Crippen LogP contribution in [0.15, 0.2) is 62.9 Å². The molecule has 0 bridgehead atoms. The van der Waals surface area contributed by atoms with E-state index in [4.69, 9.17) is 16.0 Å². The number of sulfonamides is 1. The van der Waals surface area contributed by atoms with Crippen molar-refractivity contribution in [1.29, 1.82) is 0 Å². The second kappa shape index (κ2) is 8.80. The van der Waals surface area contributed by atoms with Crippen molar-refractivity contribution in [3.8, 4) is 0 Å². The van der Waals surface area contributed by atoms with Crippen molar-refractivity contribution >= 4 is 38.9 Å². The third-order valence-corrected chi connectivity index (χ3v) is 6.84. The van der Waals surface area contributed by atoms with Crippen molar-refractivity contribution in [2.24, 2.45) is 5.10 Å². The number of rotatable bonds is 5. The summed E-state index contributed by atoms with van der Waals surface area (Å²) in [5, 5.41) is 7.37. The highest BCUT2D eigenvalue weighted by molar-refractivity contribution is 7.89. The Bertz CT molecular complexity index is 1310. The number of aryl methyl sites for hydroxylation is 2. The third-order valence-electron chi connectivity index (χ3n) is 5.29. The van der Waals surface area contributed by atoms with E-state index in [1.807, 2.05) is 6.92 Å². The summed E-state index contributed by atoms with van der Waals surface area (Å²) >= 11 is 6.13. The molecule has 0 atom stereocenters. The first-order valence-corrected chi connectivity index (χ1v) is 12.0. The second-order valence-electron chi connectivity index (χ2n) is 7.61. The SMILES string of the molecule is Cc1ccc(S(=O)(=O)N/N=C2\CCCc3oc(C(=O)Nc4ccccc4Cl)c(C)c32)cc1. The molecular weight excluding hydrogens is 450 g/mol. The Morgan fingerprint density at radius 2 is 1.78 bits per heavy atom. The minimum absolute atomic E-state index is 0.132. The van der Waals surface area contributed by atoms with Crippen molar-refractivity contribution in [3.05, 3.63) is 81.8 Å². The van der Waals surface area contributed by atoms with Gasteiger partial charge >= 0.3 is 0 Å². The molecule has 0 fully saturated rings. The zero-order chi connectivity index (χ0) is 22.9. The topological polar surface area (TPSA) is 101 Å². The average molecular weight is 472 g/mol. The molecule has 3 aromatic rings. The number of nitrogens with zero attached hydrogens (tertiary/aromatic N) is 1. The van der Waals surface area contributed by atoms with Crippen molar-refractivity contribution in [3.63, 3.8) is 0 Å². The van der Waals surface area contributed by atoms with Gasteiger partial charge in [0.2, 0.25) is 0 Å². The van der Waals surface area contributed by atoms with Crippen LogP contribution in [0.25, 0.3) is 0 Å². The number of hydrazone groups is 1. The van der Waals surface area contributed by atoms with E-state index in [-0.39, 0.29) is 10.7 Å². The summed E-state index contributed by atoms with van der Waals surface area (Å²) in [6.07, 6.45) is 1.94. The van der Waals surface area contributed by atoms with Crippen LogP contribution in [0.2, 0.25) is 5.02 Å². The Hall–Kier alpha value is -3.10. The number of hydrogen-bond donors (Lipinski definition) is 2. The molecule has 0 unspecified atom stereocenters. The molecule has 0 spiro atoms. The number of anilines is 1. The Labute approximate surface area is 191 Å². The maximum Gasteiger partial charge on any atom is 0.291 e. The number of carbonyl (C=O) groups is 1. The summed E-state index contributed by atoms with van der Waals surface area (Å²) < 4.78 is 31.1. The van der Waals surface area contributed by atoms with Gasteiger partial charge in [-0.05, 0) is 51.0 Å². The minimum atomic E-state index is -3.81. The van der Waals surface area contributed by atoms with Crippen molar-refractivity contribution in [2.75, 3.05) is 5.32 Å². The molecule has 0 radical (unpaired) electrons. The molecule has 2 N–H and O–H groups in total. The largest absolute Gasteiger partial charge is 0.455 e. The predicted molar refractivity (Wildman–Crippen MR) is 124 cm³/mol. The van der Waals surface area contributed by atoms with Crippen LogP contribution < -0.4 is 10.1 Å². The summed E-state index contributed by atoms with van der Waals surface area (Å²) in [5.41, 5.74) is 3.26. The predicted octanol–water partition coefficient (Wildman–Crippen LogP) is 4.82. The van der Waals surface area contributed by atoms with Crippen molar-refractivity contribution in [2.45, 2.75) is 38.0 Å². The van der Waals surface area contributed by atoms with Gasteiger partial charge in [-0.25, -0.2) is 0 Å². The number of furan rings is 1. The summed E-state index contributed by atoms with van der Waals surface area (Å²) in [7, 11) is -3.81. The number of nitrogens with one attached hydrogen (secondary N) is 2. The minimum Gasteiger partial charge on any atom is -0.455 e. The zero-order valence-electron chi connectivity index (χ0n) is 17.6. The van der Waals surface area contributed by atoms with Crippen LogP contribution in [0.5, 0.6) is 0 Å². The monoisotopic (exact) mass is 471 g/mol. The number of amides is 1. The first-order chi connectivity index (χ1) is 15.3. The van der Waals surface area contributed by atoms with Crippen molar-refractivity contribution in [1.82, 2.24) is 4.83 Å². The zero-order valence-corrected chi connectivity index (χ0v) is 19.2. The summed E-state index contributed by atoms with van der Waals surface area (Å²) in [5.74, 6) is 0.349. The smallest absolute Gasteiger partial charge is 0.291 e. The van der Waals surface area contributed by atoms with Gasteiger partial charge in [0.25, 0.3) is 15.9 Å². The molecule has 0 saturated heterocycles. The molecule has 166 valence electrons. The van der Waals surface area contributed by atoms with Gasteiger partial charge in [0.05, 0.1) is 21.3 Å². The molecule has 1 aliphatic carbocycles. The van der Waals surface area contributed by atoms with Gasteiger partial charge in [-0.2, -0.15) is 18.4 Å². The molecule has 4 rings (SSSR count). The van der Waals surface area contributed by atoms with E-state index in [9.17, 15) is 13.2 Å². The number of fused-ring (bicyclic) bond motifs is 1. The van der Waals surface area contributed by atoms with Crippen LogP contribution in [-0.2, 0) is 16.4 Å². The lowest BCUT2D eigenvalue weighted by Crippen LogP contribution is -2.22. The van der Waals surface area contributed by atoms with Crippen LogP contribution in [0.4, 0.5) is 5.69 Å². The van der Waals surface area contributed by atoms with E-state index in [0.717, 1.165) is 12.0 Å². The van der Waals surface area contributed by atoms with Gasteiger partial charge < -0.3 is 9.73 Å². The quantitative estimate of drug-likeness (QED) is 0.521. The van der Waals surface area contributed by atoms with Gasteiger partial charge in [-0.3, -0.25) is 4.79 Å². The fourth-order valence-electron chi connectivity index (χ4n) is 3.62. The fourth-order valence-corrected chi connectivity index (χ4v) is 4.64. The van der Waals surface area contributed by atoms with Crippen molar-refractivity contribution < 1.29 is 17.6 Å². The summed E-state index contributed by atoms with van der Waals surface area (Å²) in [4.78, 5) is 15.3. The van der Waals surface area contributed by atoms with Crippen LogP contribution >= 0.6 is 11.6 Å². The Morgan fingerprint density at radius 1 is 1.06 bits per heavy atom. The first-order valence-electron chi connectivity index (χ1n) is 10.1. The van der Waals surface area contributed by atoms with E-state index in [2.05, 4.69) is 15.2 Å². The number of benzene rings is 2. The lowest BCUT2D eigenvalue weighted by Gasteiger charge is -2.14. The molecule has 0 aliphatic heterocycles. The number of halogens is 1. The lowest BCUT2D eigenvalue weighted by atomic mass is 9.93. The number of para-hydroxylation sites is 1. The van der Waals surface area contributed by atoms with Gasteiger partial charge in [0.1, 0.15) is 5.76 Å². The Morgan fingerprint density at radius 3 is 2.50 bits per heavy atom. The van der Waals surface area contributed by atoms with E-state index in [0.29, 0.717) is 46.2 Å². The Balaban J connectivity index is 1.61. The highest BCUT2D eigenvalue weighted by atomic mass is 35.5. The molecule has 7 nitrogen and oxygen atoms in total. The van der Waals surface area contributed by atoms with Gasteiger partial charge in [-0.15, -0.1) is 0 Å². The second-order valence-corrected chi connectivity index (χ2v) is 9.68. The molecule has 1 aromatic heterocycles. The molecule has 0 saturated carbocycles. The van der Waals surface area contributed by atoms with Crippen LogP contribution in [-0.4, -0.2) is 20.0 Å². The number of carbonyl (C=O) groups excluding carboxylic acids is 1.